The van der Waals surface area contributed by atoms with Gasteiger partial charge in [0.2, 0.25) is 0 Å². The van der Waals surface area contributed by atoms with Crippen molar-refractivity contribution >= 4 is 66.2 Å². The highest BCUT2D eigenvalue weighted by Crippen LogP contribution is 2.48. The molecule has 3 rings (SSSR count). The first-order valence-corrected chi connectivity index (χ1v) is 7.02. The average Bonchev–Trinajstić information content (AvgIpc) is 2.34. The SMILES string of the molecule is SC1=C(S)C(S)c2cccc3ccc(S)c1c23. The minimum atomic E-state index is -0.00262. The van der Waals surface area contributed by atoms with E-state index in [9.17, 15) is 0 Å². The molecule has 1 atom stereocenters. The smallest absolute Gasteiger partial charge is 0.0590 e. The Morgan fingerprint density at radius 1 is 0.941 bits per heavy atom. The Morgan fingerprint density at radius 3 is 2.47 bits per heavy atom. The van der Waals surface area contributed by atoms with Crippen molar-refractivity contribution in [2.75, 3.05) is 0 Å². The van der Waals surface area contributed by atoms with Crippen LogP contribution in [0.5, 0.6) is 0 Å². The normalized spacial score (nSPS) is 18.9. The van der Waals surface area contributed by atoms with E-state index in [2.05, 4.69) is 68.7 Å². The third-order valence-corrected chi connectivity index (χ3v) is 5.32. The first kappa shape index (κ1) is 11.9. The zero-order valence-corrected chi connectivity index (χ0v) is 12.3. The van der Waals surface area contributed by atoms with Gasteiger partial charge in [-0.2, -0.15) is 12.6 Å². The lowest BCUT2D eigenvalue weighted by Crippen LogP contribution is -2.02. The van der Waals surface area contributed by atoms with Crippen molar-refractivity contribution in [3.63, 3.8) is 0 Å². The van der Waals surface area contributed by atoms with Gasteiger partial charge < -0.3 is 0 Å². The molecule has 0 heterocycles. The molecule has 2 aromatic carbocycles. The molecule has 86 valence electrons. The lowest BCUT2D eigenvalue weighted by atomic mass is 9.92. The molecule has 4 heteroatoms. The summed E-state index contributed by atoms with van der Waals surface area (Å²) in [5.41, 5.74) is 2.25. The second kappa shape index (κ2) is 4.19. The minimum absolute atomic E-state index is 0.00262. The number of hydrogen-bond acceptors (Lipinski definition) is 4. The second-order valence-electron chi connectivity index (χ2n) is 4.04. The number of rotatable bonds is 0. The summed E-state index contributed by atoms with van der Waals surface area (Å²) in [4.78, 5) is 2.70. The van der Waals surface area contributed by atoms with E-state index in [4.69, 9.17) is 0 Å². The van der Waals surface area contributed by atoms with E-state index >= 15 is 0 Å². The van der Waals surface area contributed by atoms with Crippen molar-refractivity contribution < 1.29 is 0 Å². The number of hydrogen-bond donors (Lipinski definition) is 4. The zero-order valence-electron chi connectivity index (χ0n) is 8.75. The third-order valence-electron chi connectivity index (χ3n) is 3.09. The molecule has 0 aromatic heterocycles. The van der Waals surface area contributed by atoms with Crippen molar-refractivity contribution in [1.82, 2.24) is 0 Å². The molecule has 1 aliphatic carbocycles. The predicted molar refractivity (Wildman–Crippen MR) is 87.8 cm³/mol. The van der Waals surface area contributed by atoms with Crippen molar-refractivity contribution in [2.45, 2.75) is 10.1 Å². The summed E-state index contributed by atoms with van der Waals surface area (Å²) in [6.45, 7) is 0. The van der Waals surface area contributed by atoms with E-state index in [1.807, 2.05) is 12.1 Å². The van der Waals surface area contributed by atoms with Gasteiger partial charge >= 0.3 is 0 Å². The van der Waals surface area contributed by atoms with Crippen molar-refractivity contribution in [3.8, 4) is 0 Å². The van der Waals surface area contributed by atoms with Crippen LogP contribution in [0, 0.1) is 0 Å². The van der Waals surface area contributed by atoms with E-state index in [-0.39, 0.29) is 5.25 Å². The Hall–Kier alpha value is -0.160. The van der Waals surface area contributed by atoms with Gasteiger partial charge in [-0.3, -0.25) is 0 Å². The summed E-state index contributed by atoms with van der Waals surface area (Å²) in [5.74, 6) is 0. The highest BCUT2D eigenvalue weighted by Gasteiger charge is 2.25. The summed E-state index contributed by atoms with van der Waals surface area (Å²) >= 11 is 18.2. The minimum Gasteiger partial charge on any atom is -0.166 e. The van der Waals surface area contributed by atoms with Crippen LogP contribution >= 0.6 is 50.5 Å². The molecule has 0 amide bonds. The lowest BCUT2D eigenvalue weighted by molar-refractivity contribution is 1.22. The third kappa shape index (κ3) is 1.65. The molecule has 2 aromatic rings. The maximum absolute atomic E-state index is 4.62. The lowest BCUT2D eigenvalue weighted by Gasteiger charge is -2.25. The first-order chi connectivity index (χ1) is 8.11. The standard InChI is InChI=1S/C13H10S4/c14-8-5-4-6-2-1-3-7-9(6)10(8)12(16)13(17)11(7)15/h1-5,11,14-17H. The molecule has 0 bridgehead atoms. The maximum atomic E-state index is 4.62. The van der Waals surface area contributed by atoms with Gasteiger partial charge in [-0.15, -0.1) is 37.9 Å². The van der Waals surface area contributed by atoms with E-state index < -0.39 is 0 Å². The molecular weight excluding hydrogens is 284 g/mol. The molecule has 17 heavy (non-hydrogen) atoms. The Bertz CT molecular complexity index is 658. The number of benzene rings is 2. The molecule has 0 N–H and O–H groups in total. The van der Waals surface area contributed by atoms with Gasteiger partial charge in [-0.1, -0.05) is 24.3 Å². The van der Waals surface area contributed by atoms with Crippen LogP contribution in [0.25, 0.3) is 15.7 Å². The monoisotopic (exact) mass is 294 g/mol. The van der Waals surface area contributed by atoms with Crippen LogP contribution in [0.1, 0.15) is 16.4 Å². The highest BCUT2D eigenvalue weighted by molar-refractivity contribution is 7.94. The molecule has 0 spiro atoms. The van der Waals surface area contributed by atoms with Gasteiger partial charge in [0.25, 0.3) is 0 Å². The molecule has 0 fully saturated rings. The van der Waals surface area contributed by atoms with E-state index in [1.54, 1.807) is 0 Å². The van der Waals surface area contributed by atoms with E-state index in [0.29, 0.717) is 0 Å². The molecule has 0 aliphatic heterocycles. The molecular formula is C13H10S4. The van der Waals surface area contributed by atoms with Crippen LogP contribution < -0.4 is 0 Å². The fourth-order valence-electron chi connectivity index (χ4n) is 2.27. The average molecular weight is 294 g/mol. The van der Waals surface area contributed by atoms with Crippen LogP contribution in [0.15, 0.2) is 40.1 Å². The first-order valence-electron chi connectivity index (χ1n) is 5.16. The van der Waals surface area contributed by atoms with Crippen LogP contribution in [-0.4, -0.2) is 0 Å². The van der Waals surface area contributed by atoms with Gasteiger partial charge in [0.05, 0.1) is 5.25 Å². The van der Waals surface area contributed by atoms with Crippen LogP contribution in [0.4, 0.5) is 0 Å². The van der Waals surface area contributed by atoms with Crippen molar-refractivity contribution in [2.24, 2.45) is 0 Å². The zero-order chi connectivity index (χ0) is 12.2. The maximum Gasteiger partial charge on any atom is 0.0590 e. The molecule has 1 unspecified atom stereocenters. The Kier molecular flexibility index (Phi) is 2.94. The molecule has 0 saturated carbocycles. The molecule has 0 radical (unpaired) electrons. The summed E-state index contributed by atoms with van der Waals surface area (Å²) in [7, 11) is 0. The summed E-state index contributed by atoms with van der Waals surface area (Å²) in [6.07, 6.45) is 0. The van der Waals surface area contributed by atoms with Crippen molar-refractivity contribution in [3.05, 3.63) is 46.4 Å². The molecule has 1 aliphatic rings. The topological polar surface area (TPSA) is 0 Å². The van der Waals surface area contributed by atoms with E-state index in [0.717, 1.165) is 20.3 Å². The van der Waals surface area contributed by atoms with Crippen LogP contribution in [0.2, 0.25) is 0 Å². The highest BCUT2D eigenvalue weighted by atomic mass is 32.1. The summed E-state index contributed by atoms with van der Waals surface area (Å²) in [6, 6.07) is 10.3. The van der Waals surface area contributed by atoms with Crippen LogP contribution in [-0.2, 0) is 0 Å². The fraction of sp³-hybridized carbons (Fsp3) is 0.0769. The van der Waals surface area contributed by atoms with Crippen molar-refractivity contribution in [1.29, 1.82) is 0 Å². The Morgan fingerprint density at radius 2 is 1.71 bits per heavy atom. The van der Waals surface area contributed by atoms with Gasteiger partial charge in [-0.05, 0) is 22.4 Å². The predicted octanol–water partition coefficient (Wildman–Crippen LogP) is 4.64. The van der Waals surface area contributed by atoms with Gasteiger partial charge in [0.15, 0.2) is 0 Å². The van der Waals surface area contributed by atoms with Gasteiger partial charge in [0, 0.05) is 20.3 Å². The fourth-order valence-corrected chi connectivity index (χ4v) is 3.71. The summed E-state index contributed by atoms with van der Waals surface area (Å²) in [5, 5.41) is 2.39. The van der Waals surface area contributed by atoms with Crippen LogP contribution in [0.3, 0.4) is 0 Å². The van der Waals surface area contributed by atoms with E-state index in [1.165, 1.54) is 16.3 Å². The number of thiol groups is 4. The molecule has 0 saturated heterocycles. The molecule has 0 nitrogen and oxygen atoms in total. The quantitative estimate of drug-likeness (QED) is 0.500. The second-order valence-corrected chi connectivity index (χ2v) is 5.97. The summed E-state index contributed by atoms with van der Waals surface area (Å²) < 4.78 is 0. The van der Waals surface area contributed by atoms with Gasteiger partial charge in [-0.25, -0.2) is 0 Å². The Labute approximate surface area is 122 Å². The van der Waals surface area contributed by atoms with Gasteiger partial charge in [0.1, 0.15) is 0 Å². The Balaban J connectivity index is 2.56. The largest absolute Gasteiger partial charge is 0.166 e.